The first-order chi connectivity index (χ1) is 12.6. The van der Waals surface area contributed by atoms with E-state index in [1.807, 2.05) is 38.1 Å². The number of aliphatic hydroxyl groups excluding tert-OH is 1. The van der Waals surface area contributed by atoms with Crippen LogP contribution >= 0.6 is 23.2 Å². The van der Waals surface area contributed by atoms with Gasteiger partial charge in [-0.15, -0.1) is 0 Å². The summed E-state index contributed by atoms with van der Waals surface area (Å²) in [6, 6.07) is 11.4. The van der Waals surface area contributed by atoms with Crippen molar-refractivity contribution in [1.82, 2.24) is 5.32 Å². The largest absolute Gasteiger partial charge is 0.490 e. The normalized spacial score (nSPS) is 12.0. The van der Waals surface area contributed by atoms with Gasteiger partial charge in [0.15, 0.2) is 11.5 Å². The Morgan fingerprint density at radius 3 is 2.38 bits per heavy atom. The number of nitrogens with one attached hydrogen (secondary N) is 1. The van der Waals surface area contributed by atoms with Crippen molar-refractivity contribution in [2.75, 3.05) is 13.2 Å². The molecule has 0 saturated heterocycles. The van der Waals surface area contributed by atoms with Crippen molar-refractivity contribution >= 4 is 23.2 Å². The van der Waals surface area contributed by atoms with Crippen LogP contribution in [0.15, 0.2) is 36.4 Å². The Morgan fingerprint density at radius 1 is 0.962 bits per heavy atom. The van der Waals surface area contributed by atoms with E-state index in [0.29, 0.717) is 41.3 Å². The predicted octanol–water partition coefficient (Wildman–Crippen LogP) is 4.83. The van der Waals surface area contributed by atoms with Gasteiger partial charge in [0.1, 0.15) is 6.61 Å². The topological polar surface area (TPSA) is 50.7 Å². The minimum atomic E-state index is 0.0936. The molecule has 0 heterocycles. The summed E-state index contributed by atoms with van der Waals surface area (Å²) >= 11 is 12.0. The molecular weight excluding hydrogens is 373 g/mol. The molecule has 2 aromatic rings. The average molecular weight is 398 g/mol. The highest BCUT2D eigenvalue weighted by atomic mass is 35.5. The molecule has 6 heteroatoms. The highest BCUT2D eigenvalue weighted by Crippen LogP contribution is 2.30. The first-order valence-electron chi connectivity index (χ1n) is 8.74. The summed E-state index contributed by atoms with van der Waals surface area (Å²) in [6.07, 6.45) is 0.875. The summed E-state index contributed by atoms with van der Waals surface area (Å²) in [7, 11) is 0. The van der Waals surface area contributed by atoms with Crippen LogP contribution in [0.2, 0.25) is 10.0 Å². The van der Waals surface area contributed by atoms with Crippen LogP contribution in [0.1, 0.15) is 31.4 Å². The van der Waals surface area contributed by atoms with Crippen molar-refractivity contribution in [2.24, 2.45) is 0 Å². The van der Waals surface area contributed by atoms with E-state index < -0.39 is 0 Å². The molecule has 2 rings (SSSR count). The molecule has 0 aliphatic carbocycles. The minimum Gasteiger partial charge on any atom is -0.490 e. The van der Waals surface area contributed by atoms with Gasteiger partial charge in [-0.3, -0.25) is 0 Å². The minimum absolute atomic E-state index is 0.0936. The van der Waals surface area contributed by atoms with Gasteiger partial charge in [0.2, 0.25) is 0 Å². The van der Waals surface area contributed by atoms with E-state index in [1.54, 1.807) is 12.1 Å². The third kappa shape index (κ3) is 6.06. The zero-order valence-electron chi connectivity index (χ0n) is 15.1. The Hall–Kier alpha value is -1.46. The molecule has 1 atom stereocenters. The van der Waals surface area contributed by atoms with E-state index in [9.17, 15) is 5.11 Å². The van der Waals surface area contributed by atoms with Gasteiger partial charge < -0.3 is 19.9 Å². The van der Waals surface area contributed by atoms with Crippen molar-refractivity contribution in [3.8, 4) is 11.5 Å². The highest BCUT2D eigenvalue weighted by Gasteiger charge is 2.09. The summed E-state index contributed by atoms with van der Waals surface area (Å²) < 4.78 is 11.6. The van der Waals surface area contributed by atoms with Gasteiger partial charge in [-0.25, -0.2) is 0 Å². The molecular formula is C20H25Cl2NO3. The first-order valence-corrected chi connectivity index (χ1v) is 9.49. The zero-order chi connectivity index (χ0) is 18.9. The zero-order valence-corrected chi connectivity index (χ0v) is 16.6. The Balaban J connectivity index is 2.06. The number of rotatable bonds is 10. The van der Waals surface area contributed by atoms with E-state index in [-0.39, 0.29) is 12.6 Å². The van der Waals surface area contributed by atoms with Crippen LogP contribution in [0.3, 0.4) is 0 Å². The van der Waals surface area contributed by atoms with Gasteiger partial charge in [-0.05, 0) is 48.7 Å². The van der Waals surface area contributed by atoms with Crippen LogP contribution < -0.4 is 14.8 Å². The van der Waals surface area contributed by atoms with Crippen molar-refractivity contribution in [3.05, 3.63) is 57.6 Å². The SMILES string of the molecule is CCOc1cc(CN[C@H](CC)CO)ccc1OCc1ccc(Cl)c(Cl)c1. The second kappa shape index (κ2) is 10.6. The molecule has 0 aliphatic rings. The Morgan fingerprint density at radius 2 is 1.73 bits per heavy atom. The number of aliphatic hydroxyl groups is 1. The summed E-state index contributed by atoms with van der Waals surface area (Å²) in [5, 5.41) is 13.6. The molecule has 0 amide bonds. The highest BCUT2D eigenvalue weighted by molar-refractivity contribution is 6.42. The predicted molar refractivity (Wildman–Crippen MR) is 106 cm³/mol. The summed E-state index contributed by atoms with van der Waals surface area (Å²) in [6.45, 7) is 5.68. The fourth-order valence-corrected chi connectivity index (χ4v) is 2.76. The van der Waals surface area contributed by atoms with Crippen LogP contribution in [-0.4, -0.2) is 24.4 Å². The third-order valence-corrected chi connectivity index (χ3v) is 4.73. The molecule has 4 nitrogen and oxygen atoms in total. The second-order valence-corrected chi connectivity index (χ2v) is 6.73. The number of halogens is 2. The van der Waals surface area contributed by atoms with Crippen molar-refractivity contribution in [2.45, 2.75) is 39.5 Å². The van der Waals surface area contributed by atoms with Crippen LogP contribution in [0.25, 0.3) is 0 Å². The number of hydrogen-bond donors (Lipinski definition) is 2. The number of hydrogen-bond acceptors (Lipinski definition) is 4. The Kier molecular flexibility index (Phi) is 8.52. The fraction of sp³-hybridized carbons (Fsp3) is 0.400. The maximum Gasteiger partial charge on any atom is 0.161 e. The third-order valence-electron chi connectivity index (χ3n) is 3.99. The van der Waals surface area contributed by atoms with Crippen molar-refractivity contribution in [3.63, 3.8) is 0 Å². The van der Waals surface area contributed by atoms with Crippen molar-refractivity contribution < 1.29 is 14.6 Å². The first kappa shape index (κ1) is 20.8. The lowest BCUT2D eigenvalue weighted by Gasteiger charge is -2.16. The molecule has 26 heavy (non-hydrogen) atoms. The van der Waals surface area contributed by atoms with Crippen LogP contribution in [0, 0.1) is 0 Å². The summed E-state index contributed by atoms with van der Waals surface area (Å²) in [4.78, 5) is 0. The van der Waals surface area contributed by atoms with Crippen LogP contribution in [0.5, 0.6) is 11.5 Å². The van der Waals surface area contributed by atoms with Gasteiger partial charge in [0.05, 0.1) is 23.3 Å². The monoisotopic (exact) mass is 397 g/mol. The second-order valence-electron chi connectivity index (χ2n) is 5.92. The van der Waals surface area contributed by atoms with Gasteiger partial charge in [0, 0.05) is 12.6 Å². The lowest BCUT2D eigenvalue weighted by Crippen LogP contribution is -2.31. The molecule has 0 fully saturated rings. The van der Waals surface area contributed by atoms with Gasteiger partial charge in [-0.1, -0.05) is 42.3 Å². The van der Waals surface area contributed by atoms with E-state index in [1.165, 1.54) is 0 Å². The Labute approximate surface area is 165 Å². The smallest absolute Gasteiger partial charge is 0.161 e. The standard InChI is InChI=1S/C20H25Cl2NO3/c1-3-16(12-24)23-11-14-6-8-19(20(10-14)25-4-2)26-13-15-5-7-17(21)18(22)9-15/h5-10,16,23-24H,3-4,11-13H2,1-2H3/t16-/m1/s1. The molecule has 0 spiro atoms. The van der Waals surface area contributed by atoms with Crippen molar-refractivity contribution in [1.29, 1.82) is 0 Å². The molecule has 0 saturated carbocycles. The molecule has 2 aromatic carbocycles. The average Bonchev–Trinajstić information content (AvgIpc) is 2.65. The Bertz CT molecular complexity index is 705. The van der Waals surface area contributed by atoms with Gasteiger partial charge in [0.25, 0.3) is 0 Å². The van der Waals surface area contributed by atoms with Crippen LogP contribution in [0.4, 0.5) is 0 Å². The maximum absolute atomic E-state index is 9.28. The molecule has 0 bridgehead atoms. The van der Waals surface area contributed by atoms with Gasteiger partial charge in [-0.2, -0.15) is 0 Å². The van der Waals surface area contributed by atoms with E-state index in [2.05, 4.69) is 5.32 Å². The van der Waals surface area contributed by atoms with E-state index in [4.69, 9.17) is 32.7 Å². The van der Waals surface area contributed by atoms with E-state index >= 15 is 0 Å². The summed E-state index contributed by atoms with van der Waals surface area (Å²) in [5.41, 5.74) is 2.00. The summed E-state index contributed by atoms with van der Waals surface area (Å²) in [5.74, 6) is 1.37. The van der Waals surface area contributed by atoms with Crippen LogP contribution in [-0.2, 0) is 13.2 Å². The lowest BCUT2D eigenvalue weighted by molar-refractivity contribution is 0.238. The lowest BCUT2D eigenvalue weighted by atomic mass is 10.1. The quantitative estimate of drug-likeness (QED) is 0.602. The molecule has 0 unspecified atom stereocenters. The fourth-order valence-electron chi connectivity index (χ4n) is 2.44. The molecule has 142 valence electrons. The number of benzene rings is 2. The van der Waals surface area contributed by atoms with Gasteiger partial charge >= 0.3 is 0 Å². The maximum atomic E-state index is 9.28. The number of ether oxygens (including phenoxy) is 2. The molecule has 0 aliphatic heterocycles. The van der Waals surface area contributed by atoms with E-state index in [0.717, 1.165) is 17.5 Å². The molecule has 2 N–H and O–H groups in total. The molecule has 0 radical (unpaired) electrons. The molecule has 0 aromatic heterocycles.